The lowest BCUT2D eigenvalue weighted by atomic mass is 10.2. The van der Waals surface area contributed by atoms with Crippen LogP contribution in [0.15, 0.2) is 59.0 Å². The van der Waals surface area contributed by atoms with E-state index in [1.165, 1.54) is 0 Å². The van der Waals surface area contributed by atoms with Gasteiger partial charge in [0.15, 0.2) is 0 Å². The Morgan fingerprint density at radius 1 is 0.952 bits per heavy atom. The average Bonchev–Trinajstić information content (AvgIpc) is 2.96. The molecule has 0 saturated heterocycles. The molecule has 1 heterocycles. The zero-order chi connectivity index (χ0) is 13.8. The lowest BCUT2D eigenvalue weighted by Crippen LogP contribution is -3.00. The number of hydrogen-bond donors (Lipinski definition) is 1. The second kappa shape index (κ2) is 7.11. The quantitative estimate of drug-likeness (QED) is 0.779. The van der Waals surface area contributed by atoms with Crippen molar-refractivity contribution in [1.29, 1.82) is 0 Å². The first-order valence-electron chi connectivity index (χ1n) is 6.18. The third-order valence-corrected chi connectivity index (χ3v) is 3.05. The lowest BCUT2D eigenvalue weighted by Gasteiger charge is -2.00. The molecule has 4 nitrogen and oxygen atoms in total. The van der Waals surface area contributed by atoms with E-state index in [0.717, 1.165) is 11.1 Å². The first-order valence-corrected chi connectivity index (χ1v) is 6.56. The van der Waals surface area contributed by atoms with Crippen LogP contribution in [0.25, 0.3) is 11.5 Å². The van der Waals surface area contributed by atoms with Crippen LogP contribution < -0.4 is 17.7 Å². The summed E-state index contributed by atoms with van der Waals surface area (Å²) < 4.78 is 5.55. The number of anilines is 1. The number of nitrogens with one attached hydrogen (secondary N) is 1. The molecule has 1 aromatic heterocycles. The molecular formula is C15H12Cl2N3O-. The Morgan fingerprint density at radius 2 is 1.67 bits per heavy atom. The second-order valence-corrected chi connectivity index (χ2v) is 4.69. The number of rotatable bonds is 4. The van der Waals surface area contributed by atoms with Crippen molar-refractivity contribution in [2.75, 3.05) is 5.32 Å². The Hall–Kier alpha value is -2.04. The maximum absolute atomic E-state index is 5.84. The summed E-state index contributed by atoms with van der Waals surface area (Å²) in [6.07, 6.45) is 0. The van der Waals surface area contributed by atoms with Crippen LogP contribution in [0.1, 0.15) is 5.56 Å². The van der Waals surface area contributed by atoms with Crippen molar-refractivity contribution in [2.45, 2.75) is 6.54 Å². The smallest absolute Gasteiger partial charge is 0.316 e. The Bertz CT molecular complexity index is 684. The van der Waals surface area contributed by atoms with Crippen LogP contribution in [0, 0.1) is 0 Å². The lowest BCUT2D eigenvalue weighted by molar-refractivity contribution is -0.00000457. The Kier molecular flexibility index (Phi) is 5.20. The van der Waals surface area contributed by atoms with Crippen LogP contribution in [0.4, 0.5) is 6.01 Å². The van der Waals surface area contributed by atoms with Gasteiger partial charge in [-0.1, -0.05) is 47.0 Å². The van der Waals surface area contributed by atoms with Gasteiger partial charge >= 0.3 is 6.01 Å². The van der Waals surface area contributed by atoms with E-state index in [1.54, 1.807) is 12.1 Å². The summed E-state index contributed by atoms with van der Waals surface area (Å²) >= 11 is 5.84. The first kappa shape index (κ1) is 15.4. The zero-order valence-corrected chi connectivity index (χ0v) is 12.5. The molecule has 2 aromatic carbocycles. The van der Waals surface area contributed by atoms with Gasteiger partial charge in [0.1, 0.15) is 0 Å². The van der Waals surface area contributed by atoms with Crippen LogP contribution in [0.3, 0.4) is 0 Å². The third kappa shape index (κ3) is 3.97. The number of halogens is 2. The highest BCUT2D eigenvalue weighted by atomic mass is 35.5. The van der Waals surface area contributed by atoms with Gasteiger partial charge in [-0.2, -0.15) is 0 Å². The van der Waals surface area contributed by atoms with Crippen LogP contribution in [-0.2, 0) is 6.54 Å². The maximum atomic E-state index is 5.84. The van der Waals surface area contributed by atoms with Gasteiger partial charge in [-0.3, -0.25) is 0 Å². The summed E-state index contributed by atoms with van der Waals surface area (Å²) in [6.45, 7) is 0.642. The standard InChI is InChI=1S/C15H12ClN3O.ClH/c16-13-8-6-12(7-9-13)14-18-19-15(20-14)17-10-11-4-2-1-3-5-11;/h1-9H,10H2,(H,17,19);1H/p-1. The molecule has 0 atom stereocenters. The van der Waals surface area contributed by atoms with Gasteiger partial charge in [-0.25, -0.2) is 0 Å². The summed E-state index contributed by atoms with van der Waals surface area (Å²) in [5, 5.41) is 11.7. The molecule has 0 aliphatic heterocycles. The number of nitrogens with zero attached hydrogens (tertiary/aromatic N) is 2. The van der Waals surface area contributed by atoms with Crippen molar-refractivity contribution in [3.8, 4) is 11.5 Å². The molecular weight excluding hydrogens is 309 g/mol. The highest BCUT2D eigenvalue weighted by molar-refractivity contribution is 6.30. The fourth-order valence-corrected chi connectivity index (χ4v) is 1.90. The first-order chi connectivity index (χ1) is 9.81. The van der Waals surface area contributed by atoms with Gasteiger partial charge in [0, 0.05) is 17.1 Å². The Balaban J connectivity index is 0.00000161. The largest absolute Gasteiger partial charge is 1.00 e. The molecule has 3 rings (SSSR count). The Morgan fingerprint density at radius 3 is 2.38 bits per heavy atom. The van der Waals surface area contributed by atoms with Crippen molar-refractivity contribution < 1.29 is 16.8 Å². The average molecular weight is 321 g/mol. The minimum Gasteiger partial charge on any atom is -1.00 e. The molecule has 0 amide bonds. The summed E-state index contributed by atoms with van der Waals surface area (Å²) in [7, 11) is 0. The predicted molar refractivity (Wildman–Crippen MR) is 78.5 cm³/mol. The van der Waals surface area contributed by atoms with E-state index in [0.29, 0.717) is 23.5 Å². The summed E-state index contributed by atoms with van der Waals surface area (Å²) in [5.74, 6) is 0.470. The maximum Gasteiger partial charge on any atom is 0.316 e. The molecule has 0 aliphatic rings. The fourth-order valence-electron chi connectivity index (χ4n) is 1.78. The number of aromatic nitrogens is 2. The van der Waals surface area contributed by atoms with Gasteiger partial charge in [0.25, 0.3) is 0 Å². The van der Waals surface area contributed by atoms with Gasteiger partial charge in [-0.15, -0.1) is 5.10 Å². The zero-order valence-electron chi connectivity index (χ0n) is 11.0. The van der Waals surface area contributed by atoms with Crippen molar-refractivity contribution >= 4 is 17.6 Å². The molecule has 1 N–H and O–H groups in total. The molecule has 0 saturated carbocycles. The van der Waals surface area contributed by atoms with Gasteiger partial charge in [0.2, 0.25) is 5.89 Å². The minimum absolute atomic E-state index is 0. The van der Waals surface area contributed by atoms with Crippen molar-refractivity contribution in [3.05, 3.63) is 65.2 Å². The van der Waals surface area contributed by atoms with Crippen molar-refractivity contribution in [2.24, 2.45) is 0 Å². The van der Waals surface area contributed by atoms with Crippen LogP contribution in [0.5, 0.6) is 0 Å². The highest BCUT2D eigenvalue weighted by Crippen LogP contribution is 2.21. The van der Waals surface area contributed by atoms with E-state index in [9.17, 15) is 0 Å². The summed E-state index contributed by atoms with van der Waals surface area (Å²) in [6, 6.07) is 17.7. The van der Waals surface area contributed by atoms with Crippen LogP contribution in [0.2, 0.25) is 5.02 Å². The van der Waals surface area contributed by atoms with E-state index in [4.69, 9.17) is 16.0 Å². The van der Waals surface area contributed by atoms with Gasteiger partial charge in [-0.05, 0) is 29.8 Å². The SMILES string of the molecule is Clc1ccc(-c2nnc(NCc3ccccc3)o2)cc1.[Cl-]. The van der Waals surface area contributed by atoms with Gasteiger partial charge in [0.05, 0.1) is 0 Å². The van der Waals surface area contributed by atoms with E-state index >= 15 is 0 Å². The molecule has 0 radical (unpaired) electrons. The van der Waals surface area contributed by atoms with Gasteiger partial charge < -0.3 is 22.1 Å². The van der Waals surface area contributed by atoms with Crippen molar-refractivity contribution in [3.63, 3.8) is 0 Å². The van der Waals surface area contributed by atoms with Crippen LogP contribution >= 0.6 is 11.6 Å². The number of benzene rings is 2. The molecule has 108 valence electrons. The second-order valence-electron chi connectivity index (χ2n) is 4.26. The monoisotopic (exact) mass is 320 g/mol. The molecule has 0 unspecified atom stereocenters. The molecule has 0 fully saturated rings. The molecule has 21 heavy (non-hydrogen) atoms. The van der Waals surface area contributed by atoms with E-state index in [2.05, 4.69) is 15.5 Å². The fraction of sp³-hybridized carbons (Fsp3) is 0.0667. The van der Waals surface area contributed by atoms with E-state index in [-0.39, 0.29) is 12.4 Å². The number of hydrogen-bond acceptors (Lipinski definition) is 4. The summed E-state index contributed by atoms with van der Waals surface area (Å²) in [4.78, 5) is 0. The molecule has 0 aliphatic carbocycles. The van der Waals surface area contributed by atoms with E-state index < -0.39 is 0 Å². The molecule has 3 aromatic rings. The highest BCUT2D eigenvalue weighted by Gasteiger charge is 2.07. The summed E-state index contributed by atoms with van der Waals surface area (Å²) in [5.41, 5.74) is 1.99. The van der Waals surface area contributed by atoms with Crippen molar-refractivity contribution in [1.82, 2.24) is 10.2 Å². The predicted octanol–water partition coefficient (Wildman–Crippen LogP) is 1.01. The van der Waals surface area contributed by atoms with Crippen LogP contribution in [-0.4, -0.2) is 10.2 Å². The molecule has 0 bridgehead atoms. The molecule has 6 heteroatoms. The Labute approximate surface area is 133 Å². The minimum atomic E-state index is 0. The third-order valence-electron chi connectivity index (χ3n) is 2.80. The molecule has 0 spiro atoms. The topological polar surface area (TPSA) is 51.0 Å². The normalized spacial score (nSPS) is 9.95. The van der Waals surface area contributed by atoms with E-state index in [1.807, 2.05) is 42.5 Å².